The molecule has 0 unspecified atom stereocenters. The molecule has 1 heterocycles. The number of benzene rings is 1. The first kappa shape index (κ1) is 15.2. The van der Waals surface area contributed by atoms with Crippen LogP contribution < -0.4 is 10.6 Å². The van der Waals surface area contributed by atoms with E-state index in [0.29, 0.717) is 18.8 Å². The number of aromatic nitrogens is 1. The SMILES string of the molecule is O=[N+]([O-])c1ccccc1NCCNc1ncccc1[N+](=O)[O-]. The van der Waals surface area contributed by atoms with Crippen molar-refractivity contribution in [2.45, 2.75) is 0 Å². The van der Waals surface area contributed by atoms with Gasteiger partial charge in [0.05, 0.1) is 9.85 Å². The van der Waals surface area contributed by atoms with Crippen molar-refractivity contribution in [3.05, 3.63) is 62.8 Å². The summed E-state index contributed by atoms with van der Waals surface area (Å²) < 4.78 is 0. The van der Waals surface area contributed by atoms with E-state index < -0.39 is 9.85 Å². The van der Waals surface area contributed by atoms with Gasteiger partial charge in [0.2, 0.25) is 5.82 Å². The first-order valence-electron chi connectivity index (χ1n) is 6.40. The maximum Gasteiger partial charge on any atom is 0.311 e. The van der Waals surface area contributed by atoms with E-state index >= 15 is 0 Å². The van der Waals surface area contributed by atoms with E-state index in [9.17, 15) is 20.2 Å². The lowest BCUT2D eigenvalue weighted by Gasteiger charge is -2.08. The van der Waals surface area contributed by atoms with E-state index in [4.69, 9.17) is 0 Å². The summed E-state index contributed by atoms with van der Waals surface area (Å²) in [7, 11) is 0. The topological polar surface area (TPSA) is 123 Å². The van der Waals surface area contributed by atoms with Gasteiger partial charge in [-0.05, 0) is 12.1 Å². The third-order valence-electron chi connectivity index (χ3n) is 2.82. The van der Waals surface area contributed by atoms with Gasteiger partial charge in [-0.25, -0.2) is 4.98 Å². The Morgan fingerprint density at radius 2 is 1.55 bits per heavy atom. The van der Waals surface area contributed by atoms with Crippen LogP contribution in [0.15, 0.2) is 42.6 Å². The van der Waals surface area contributed by atoms with E-state index in [1.165, 1.54) is 24.4 Å². The zero-order valence-corrected chi connectivity index (χ0v) is 11.4. The third kappa shape index (κ3) is 3.66. The van der Waals surface area contributed by atoms with Crippen molar-refractivity contribution in [1.29, 1.82) is 0 Å². The summed E-state index contributed by atoms with van der Waals surface area (Å²) in [5.74, 6) is 0.164. The molecule has 0 amide bonds. The van der Waals surface area contributed by atoms with Gasteiger partial charge in [0, 0.05) is 31.4 Å². The average molecular weight is 303 g/mol. The second-order valence-electron chi connectivity index (χ2n) is 4.26. The highest BCUT2D eigenvalue weighted by molar-refractivity contribution is 5.61. The van der Waals surface area contributed by atoms with Crippen LogP contribution in [-0.4, -0.2) is 27.9 Å². The van der Waals surface area contributed by atoms with Crippen LogP contribution in [0.25, 0.3) is 0 Å². The van der Waals surface area contributed by atoms with Gasteiger partial charge in [0.25, 0.3) is 5.69 Å². The molecule has 1 aromatic carbocycles. The number of rotatable bonds is 7. The number of anilines is 2. The first-order chi connectivity index (χ1) is 10.6. The third-order valence-corrected chi connectivity index (χ3v) is 2.82. The van der Waals surface area contributed by atoms with Crippen molar-refractivity contribution in [3.8, 4) is 0 Å². The van der Waals surface area contributed by atoms with Gasteiger partial charge in [-0.1, -0.05) is 12.1 Å². The fourth-order valence-corrected chi connectivity index (χ4v) is 1.84. The average Bonchev–Trinajstić information content (AvgIpc) is 2.52. The summed E-state index contributed by atoms with van der Waals surface area (Å²) in [6.45, 7) is 0.669. The summed E-state index contributed by atoms with van der Waals surface area (Å²) in [5, 5.41) is 27.4. The molecule has 2 N–H and O–H groups in total. The highest BCUT2D eigenvalue weighted by Gasteiger charge is 2.14. The lowest BCUT2D eigenvalue weighted by Crippen LogP contribution is -2.15. The monoisotopic (exact) mass is 303 g/mol. The van der Waals surface area contributed by atoms with Gasteiger partial charge in [-0.15, -0.1) is 0 Å². The molecule has 0 bridgehead atoms. The van der Waals surface area contributed by atoms with E-state index in [-0.39, 0.29) is 17.2 Å². The largest absolute Gasteiger partial charge is 0.378 e. The zero-order valence-electron chi connectivity index (χ0n) is 11.4. The minimum atomic E-state index is -0.523. The first-order valence-corrected chi connectivity index (χ1v) is 6.40. The molecule has 9 heteroatoms. The van der Waals surface area contributed by atoms with Crippen molar-refractivity contribution >= 4 is 22.9 Å². The molecule has 9 nitrogen and oxygen atoms in total. The van der Waals surface area contributed by atoms with Crippen LogP contribution in [0.5, 0.6) is 0 Å². The van der Waals surface area contributed by atoms with Gasteiger partial charge in [0.1, 0.15) is 5.69 Å². The predicted octanol–water partition coefficient (Wildman–Crippen LogP) is 2.42. The Morgan fingerprint density at radius 3 is 2.27 bits per heavy atom. The number of nitrogens with zero attached hydrogens (tertiary/aromatic N) is 3. The minimum absolute atomic E-state index is 0.0219. The number of para-hydroxylation sites is 2. The van der Waals surface area contributed by atoms with Crippen LogP contribution in [-0.2, 0) is 0 Å². The number of nitro benzene ring substituents is 1. The predicted molar refractivity (Wildman–Crippen MR) is 81.0 cm³/mol. The van der Waals surface area contributed by atoms with Crippen molar-refractivity contribution in [1.82, 2.24) is 4.98 Å². The number of hydrogen-bond donors (Lipinski definition) is 2. The lowest BCUT2D eigenvalue weighted by molar-refractivity contribution is -0.384. The van der Waals surface area contributed by atoms with Gasteiger partial charge in [0.15, 0.2) is 0 Å². The lowest BCUT2D eigenvalue weighted by atomic mass is 10.2. The van der Waals surface area contributed by atoms with Crippen LogP contribution in [0.3, 0.4) is 0 Å². The molecule has 0 saturated heterocycles. The number of pyridine rings is 1. The van der Waals surface area contributed by atoms with Crippen LogP contribution in [0.1, 0.15) is 0 Å². The molecule has 114 valence electrons. The zero-order chi connectivity index (χ0) is 15.9. The minimum Gasteiger partial charge on any atom is -0.378 e. The summed E-state index contributed by atoms with van der Waals surface area (Å²) in [6, 6.07) is 9.10. The van der Waals surface area contributed by atoms with Gasteiger partial charge in [-0.2, -0.15) is 0 Å². The second-order valence-corrected chi connectivity index (χ2v) is 4.26. The highest BCUT2D eigenvalue weighted by atomic mass is 16.6. The Bertz CT molecular complexity index is 632. The molecular formula is C13H13N5O4. The van der Waals surface area contributed by atoms with Gasteiger partial charge >= 0.3 is 5.69 Å². The van der Waals surface area contributed by atoms with Crippen LogP contribution in [0.4, 0.5) is 22.9 Å². The molecular weight excluding hydrogens is 290 g/mol. The Balaban J connectivity index is 1.93. The Hall–Kier alpha value is -3.23. The molecule has 0 spiro atoms. The summed E-state index contributed by atoms with van der Waals surface area (Å²) in [5.41, 5.74) is 0.254. The Morgan fingerprint density at radius 1 is 0.909 bits per heavy atom. The molecule has 0 saturated carbocycles. The normalized spacial score (nSPS) is 10.0. The summed E-state index contributed by atoms with van der Waals surface area (Å²) in [6.07, 6.45) is 1.45. The van der Waals surface area contributed by atoms with Gasteiger partial charge in [-0.3, -0.25) is 20.2 Å². The molecule has 2 rings (SSSR count). The van der Waals surface area contributed by atoms with E-state index in [0.717, 1.165) is 0 Å². The fourth-order valence-electron chi connectivity index (χ4n) is 1.84. The molecule has 0 fully saturated rings. The maximum atomic E-state index is 10.9. The molecule has 0 aliphatic heterocycles. The molecule has 2 aromatic rings. The van der Waals surface area contributed by atoms with Crippen molar-refractivity contribution < 1.29 is 9.85 Å². The van der Waals surface area contributed by atoms with Crippen LogP contribution >= 0.6 is 0 Å². The number of nitro groups is 2. The molecule has 22 heavy (non-hydrogen) atoms. The van der Waals surface area contributed by atoms with Gasteiger partial charge < -0.3 is 10.6 Å². The molecule has 0 aliphatic carbocycles. The van der Waals surface area contributed by atoms with Crippen molar-refractivity contribution in [3.63, 3.8) is 0 Å². The second kappa shape index (κ2) is 6.97. The molecule has 0 aliphatic rings. The Labute approximate surface area is 125 Å². The van der Waals surface area contributed by atoms with Crippen LogP contribution in [0.2, 0.25) is 0 Å². The van der Waals surface area contributed by atoms with E-state index in [1.807, 2.05) is 0 Å². The summed E-state index contributed by atoms with van der Waals surface area (Å²) in [4.78, 5) is 24.6. The molecule has 1 aromatic heterocycles. The maximum absolute atomic E-state index is 10.9. The smallest absolute Gasteiger partial charge is 0.311 e. The van der Waals surface area contributed by atoms with E-state index in [2.05, 4.69) is 15.6 Å². The van der Waals surface area contributed by atoms with Crippen molar-refractivity contribution in [2.24, 2.45) is 0 Å². The fraction of sp³-hybridized carbons (Fsp3) is 0.154. The van der Waals surface area contributed by atoms with E-state index in [1.54, 1.807) is 18.2 Å². The number of hydrogen-bond acceptors (Lipinski definition) is 7. The van der Waals surface area contributed by atoms with Crippen molar-refractivity contribution in [2.75, 3.05) is 23.7 Å². The highest BCUT2D eigenvalue weighted by Crippen LogP contribution is 2.23. The molecule has 0 atom stereocenters. The summed E-state index contributed by atoms with van der Waals surface area (Å²) >= 11 is 0. The standard InChI is InChI=1S/C13H13N5O4/c19-17(20)11-5-2-1-4-10(11)14-8-9-16-13-12(18(21)22)6-3-7-15-13/h1-7,14H,8-9H2,(H,15,16). The molecule has 0 radical (unpaired) electrons. The number of nitrogens with one attached hydrogen (secondary N) is 2. The quantitative estimate of drug-likeness (QED) is 0.457. The van der Waals surface area contributed by atoms with Crippen LogP contribution in [0, 0.1) is 20.2 Å². The Kier molecular flexibility index (Phi) is 4.81.